The minimum Gasteiger partial charge on any atom is -0.369 e. The molecule has 0 saturated carbocycles. The minimum atomic E-state index is -0.359. The second-order valence-corrected chi connectivity index (χ2v) is 8.23. The van der Waals surface area contributed by atoms with Gasteiger partial charge in [-0.1, -0.05) is 13.0 Å². The van der Waals surface area contributed by atoms with E-state index in [9.17, 15) is 9.59 Å². The molecule has 26 heavy (non-hydrogen) atoms. The van der Waals surface area contributed by atoms with Crippen molar-refractivity contribution in [2.75, 3.05) is 26.0 Å². The third-order valence-electron chi connectivity index (χ3n) is 5.61. The summed E-state index contributed by atoms with van der Waals surface area (Å²) in [6.45, 7) is 6.72. The van der Waals surface area contributed by atoms with Gasteiger partial charge in [0.1, 0.15) is 5.57 Å². The van der Waals surface area contributed by atoms with Crippen molar-refractivity contribution >= 4 is 40.9 Å². The predicted octanol–water partition coefficient (Wildman–Crippen LogP) is 3.01. The highest BCUT2D eigenvalue weighted by atomic mass is 32.1. The lowest BCUT2D eigenvalue weighted by molar-refractivity contribution is -0.132. The summed E-state index contributed by atoms with van der Waals surface area (Å²) in [5, 5.41) is 0.222. The fraction of sp³-hybridized carbons (Fsp3) is 0.450. The molecule has 0 aromatic heterocycles. The van der Waals surface area contributed by atoms with Crippen molar-refractivity contribution in [3.8, 4) is 0 Å². The first-order valence-corrected chi connectivity index (χ1v) is 9.15. The van der Waals surface area contributed by atoms with Crippen LogP contribution in [-0.4, -0.2) is 53.4 Å². The lowest BCUT2D eigenvalue weighted by Gasteiger charge is -2.45. The molecular formula is C20H25N3O2S. The van der Waals surface area contributed by atoms with Crippen LogP contribution in [0.2, 0.25) is 0 Å². The molecular weight excluding hydrogens is 346 g/mol. The fourth-order valence-electron chi connectivity index (χ4n) is 3.83. The number of rotatable bonds is 1. The van der Waals surface area contributed by atoms with Gasteiger partial charge in [-0.25, -0.2) is 0 Å². The maximum Gasteiger partial charge on any atom is 0.265 e. The average molecular weight is 372 g/mol. The van der Waals surface area contributed by atoms with Crippen LogP contribution in [0.5, 0.6) is 0 Å². The van der Waals surface area contributed by atoms with Crippen LogP contribution in [0.15, 0.2) is 23.8 Å². The molecule has 2 amide bonds. The summed E-state index contributed by atoms with van der Waals surface area (Å²) >= 11 is 5.13. The van der Waals surface area contributed by atoms with Crippen LogP contribution < -0.4 is 4.90 Å². The van der Waals surface area contributed by atoms with Gasteiger partial charge >= 0.3 is 0 Å². The fourth-order valence-corrected chi connectivity index (χ4v) is 3.99. The van der Waals surface area contributed by atoms with Gasteiger partial charge in [-0.05, 0) is 67.7 Å². The van der Waals surface area contributed by atoms with Crippen molar-refractivity contribution in [3.63, 3.8) is 0 Å². The number of fused-ring (bicyclic) bond motifs is 1. The van der Waals surface area contributed by atoms with E-state index in [1.165, 1.54) is 21.1 Å². The number of thiocarbonyl (C=S) groups is 1. The number of benzene rings is 1. The molecule has 1 saturated heterocycles. The Morgan fingerprint density at radius 1 is 1.12 bits per heavy atom. The third-order valence-corrected chi connectivity index (χ3v) is 6.16. The summed E-state index contributed by atoms with van der Waals surface area (Å²) in [4.78, 5) is 30.0. The van der Waals surface area contributed by atoms with Gasteiger partial charge in [-0.3, -0.25) is 19.4 Å². The molecule has 0 N–H and O–H groups in total. The van der Waals surface area contributed by atoms with Crippen LogP contribution in [0, 0.1) is 0 Å². The van der Waals surface area contributed by atoms with E-state index in [2.05, 4.69) is 44.9 Å². The molecule has 0 spiro atoms. The van der Waals surface area contributed by atoms with Crippen LogP contribution in [0.3, 0.4) is 0 Å². The Labute approximate surface area is 160 Å². The lowest BCUT2D eigenvalue weighted by atomic mass is 9.80. The Morgan fingerprint density at radius 2 is 1.69 bits per heavy atom. The van der Waals surface area contributed by atoms with Gasteiger partial charge < -0.3 is 4.90 Å². The second-order valence-electron chi connectivity index (χ2n) is 7.86. The molecule has 2 heterocycles. The molecule has 1 aromatic carbocycles. The third kappa shape index (κ3) is 2.82. The quantitative estimate of drug-likeness (QED) is 0.432. The first kappa shape index (κ1) is 18.6. The Bertz CT molecular complexity index is 817. The SMILES string of the molecule is C[C@@H]1CC(C)(C)N(C)c2ccc(C=C3C(=O)N(C)C(=S)N(C)C3=O)cc21. The molecule has 2 aliphatic heterocycles. The van der Waals surface area contributed by atoms with E-state index in [0.29, 0.717) is 5.92 Å². The number of hydrogen-bond donors (Lipinski definition) is 0. The molecule has 0 aliphatic carbocycles. The van der Waals surface area contributed by atoms with E-state index in [0.717, 1.165) is 12.0 Å². The normalized spacial score (nSPS) is 22.7. The molecule has 5 nitrogen and oxygen atoms in total. The highest BCUT2D eigenvalue weighted by Gasteiger charge is 2.36. The Hall–Kier alpha value is -2.21. The van der Waals surface area contributed by atoms with Crippen molar-refractivity contribution in [2.24, 2.45) is 0 Å². The molecule has 3 rings (SSSR count). The lowest BCUT2D eigenvalue weighted by Crippen LogP contribution is -2.52. The van der Waals surface area contributed by atoms with E-state index in [1.54, 1.807) is 20.2 Å². The van der Waals surface area contributed by atoms with E-state index in [1.807, 2.05) is 6.07 Å². The van der Waals surface area contributed by atoms with Crippen LogP contribution in [0.4, 0.5) is 5.69 Å². The van der Waals surface area contributed by atoms with E-state index >= 15 is 0 Å². The van der Waals surface area contributed by atoms with Crippen LogP contribution in [0.1, 0.15) is 44.2 Å². The Kier molecular flexibility index (Phi) is 4.43. The molecule has 0 unspecified atom stereocenters. The van der Waals surface area contributed by atoms with Crippen LogP contribution in [-0.2, 0) is 9.59 Å². The molecule has 1 aromatic rings. The topological polar surface area (TPSA) is 43.9 Å². The molecule has 1 atom stereocenters. The molecule has 0 bridgehead atoms. The van der Waals surface area contributed by atoms with Crippen molar-refractivity contribution in [1.82, 2.24) is 9.80 Å². The van der Waals surface area contributed by atoms with Gasteiger partial charge in [0, 0.05) is 32.4 Å². The van der Waals surface area contributed by atoms with Gasteiger partial charge in [-0.2, -0.15) is 0 Å². The first-order chi connectivity index (χ1) is 12.0. The highest BCUT2D eigenvalue weighted by molar-refractivity contribution is 7.80. The summed E-state index contributed by atoms with van der Waals surface area (Å²) in [6.07, 6.45) is 2.72. The molecule has 2 aliphatic rings. The maximum atomic E-state index is 12.5. The zero-order valence-corrected chi connectivity index (χ0v) is 17.0. The van der Waals surface area contributed by atoms with Crippen molar-refractivity contribution in [1.29, 1.82) is 0 Å². The maximum absolute atomic E-state index is 12.5. The van der Waals surface area contributed by atoms with Gasteiger partial charge in [0.15, 0.2) is 5.11 Å². The molecule has 138 valence electrons. The van der Waals surface area contributed by atoms with E-state index in [-0.39, 0.29) is 28.0 Å². The Morgan fingerprint density at radius 3 is 2.27 bits per heavy atom. The summed E-state index contributed by atoms with van der Waals surface area (Å²) in [5.74, 6) is -0.311. The summed E-state index contributed by atoms with van der Waals surface area (Å²) < 4.78 is 0. The summed E-state index contributed by atoms with van der Waals surface area (Å²) in [7, 11) is 5.29. The number of nitrogens with zero attached hydrogens (tertiary/aromatic N) is 3. The van der Waals surface area contributed by atoms with Gasteiger partial charge in [0.05, 0.1) is 0 Å². The number of carbonyl (C=O) groups is 2. The molecule has 0 radical (unpaired) electrons. The largest absolute Gasteiger partial charge is 0.369 e. The van der Waals surface area contributed by atoms with Crippen molar-refractivity contribution in [3.05, 3.63) is 34.9 Å². The van der Waals surface area contributed by atoms with Gasteiger partial charge in [0.2, 0.25) is 0 Å². The number of hydrogen-bond acceptors (Lipinski definition) is 4. The zero-order valence-electron chi connectivity index (χ0n) is 16.2. The van der Waals surface area contributed by atoms with E-state index in [4.69, 9.17) is 12.2 Å². The number of carbonyl (C=O) groups excluding carboxylic acids is 2. The standard InChI is InChI=1S/C20H25N3O2S/c1-12-11-20(2,3)23(6)16-8-7-13(9-14(12)16)10-15-17(24)21(4)19(26)22(5)18(15)25/h7-10,12H,11H2,1-6H3/t12-/m1/s1. The molecule has 6 heteroatoms. The summed E-state index contributed by atoms with van der Waals surface area (Å²) in [6, 6.07) is 6.13. The van der Waals surface area contributed by atoms with Gasteiger partial charge in [0.25, 0.3) is 11.8 Å². The smallest absolute Gasteiger partial charge is 0.265 e. The summed E-state index contributed by atoms with van der Waals surface area (Å²) in [5.41, 5.74) is 3.54. The first-order valence-electron chi connectivity index (χ1n) is 8.74. The number of amides is 2. The predicted molar refractivity (Wildman–Crippen MR) is 108 cm³/mol. The monoisotopic (exact) mass is 371 g/mol. The average Bonchev–Trinajstić information content (AvgIpc) is 2.60. The minimum absolute atomic E-state index is 0.100. The van der Waals surface area contributed by atoms with Crippen molar-refractivity contribution in [2.45, 2.75) is 38.6 Å². The Balaban J connectivity index is 2.03. The van der Waals surface area contributed by atoms with Crippen LogP contribution in [0.25, 0.3) is 6.08 Å². The van der Waals surface area contributed by atoms with Gasteiger partial charge in [-0.15, -0.1) is 0 Å². The van der Waals surface area contributed by atoms with Crippen molar-refractivity contribution < 1.29 is 9.59 Å². The van der Waals surface area contributed by atoms with Crippen LogP contribution >= 0.6 is 12.2 Å². The second kappa shape index (κ2) is 6.20. The molecule has 1 fully saturated rings. The number of likely N-dealkylation sites (N-methyl/N-ethyl adjacent to an activating group) is 2. The van der Waals surface area contributed by atoms with E-state index < -0.39 is 0 Å². The number of anilines is 1. The zero-order chi connectivity index (χ0) is 19.4. The highest BCUT2D eigenvalue weighted by Crippen LogP contribution is 2.42.